The van der Waals surface area contributed by atoms with Crippen LogP contribution in [0.5, 0.6) is 0 Å². The van der Waals surface area contributed by atoms with Crippen LogP contribution in [-0.2, 0) is 12.3 Å². The van der Waals surface area contributed by atoms with E-state index in [0.29, 0.717) is 28.8 Å². The summed E-state index contributed by atoms with van der Waals surface area (Å²) in [6, 6.07) is 15.9. The molecular formula is C26H26N6OS. The molecule has 2 N–H and O–H groups in total. The van der Waals surface area contributed by atoms with Crippen molar-refractivity contribution in [1.29, 1.82) is 0 Å². The van der Waals surface area contributed by atoms with Gasteiger partial charge < -0.3 is 10.3 Å². The summed E-state index contributed by atoms with van der Waals surface area (Å²) in [4.78, 5) is 25.4. The number of nitrogens with zero attached hydrogens (tertiary/aromatic N) is 4. The highest BCUT2D eigenvalue weighted by molar-refractivity contribution is 7.98. The fraction of sp³-hybridized carbons (Fsp3) is 0.231. The molecule has 5 aromatic rings. The highest BCUT2D eigenvalue weighted by Gasteiger charge is 2.14. The number of aromatic nitrogens is 5. The predicted octanol–water partition coefficient (Wildman–Crippen LogP) is 5.06. The molecule has 0 unspecified atom stereocenters. The largest absolute Gasteiger partial charge is 0.358 e. The number of benzene rings is 2. The number of rotatable bonds is 6. The lowest BCUT2D eigenvalue weighted by Crippen LogP contribution is -2.23. The molecule has 3 heterocycles. The molecule has 0 radical (unpaired) electrons. The SMILES string of the molecule is Cc1cc(C)n2nc(SCc3ccccc3C(=O)NCc3ccc4[nH]c(C)c(C)c4c3)nc2n1. The van der Waals surface area contributed by atoms with Gasteiger partial charge in [0.2, 0.25) is 5.16 Å². The van der Waals surface area contributed by atoms with Gasteiger partial charge in [-0.1, -0.05) is 36.0 Å². The van der Waals surface area contributed by atoms with Crippen LogP contribution in [0.2, 0.25) is 0 Å². The fourth-order valence-corrected chi connectivity index (χ4v) is 4.94. The Kier molecular flexibility index (Phi) is 5.83. The van der Waals surface area contributed by atoms with Crippen molar-refractivity contribution < 1.29 is 4.79 Å². The van der Waals surface area contributed by atoms with Crippen LogP contribution in [0.3, 0.4) is 0 Å². The van der Waals surface area contributed by atoms with Crippen molar-refractivity contribution in [3.05, 3.63) is 87.9 Å². The number of fused-ring (bicyclic) bond motifs is 2. The number of hydrogen-bond donors (Lipinski definition) is 2. The molecule has 34 heavy (non-hydrogen) atoms. The van der Waals surface area contributed by atoms with Gasteiger partial charge in [-0.15, -0.1) is 5.10 Å². The first-order valence-electron chi connectivity index (χ1n) is 11.2. The molecule has 2 aromatic carbocycles. The molecule has 0 aliphatic carbocycles. The molecule has 7 nitrogen and oxygen atoms in total. The van der Waals surface area contributed by atoms with E-state index in [9.17, 15) is 4.79 Å². The van der Waals surface area contributed by atoms with Crippen molar-refractivity contribution in [3.8, 4) is 0 Å². The van der Waals surface area contributed by atoms with E-state index in [4.69, 9.17) is 0 Å². The maximum Gasteiger partial charge on any atom is 0.253 e. The van der Waals surface area contributed by atoms with Crippen LogP contribution in [-0.4, -0.2) is 30.5 Å². The van der Waals surface area contributed by atoms with E-state index < -0.39 is 0 Å². The molecule has 0 atom stereocenters. The average Bonchev–Trinajstić information content (AvgIpc) is 3.36. The van der Waals surface area contributed by atoms with Crippen molar-refractivity contribution in [2.45, 2.75) is 45.1 Å². The third-order valence-corrected chi connectivity index (χ3v) is 6.93. The quantitative estimate of drug-likeness (QED) is 0.339. The van der Waals surface area contributed by atoms with Crippen LogP contribution in [0.25, 0.3) is 16.7 Å². The van der Waals surface area contributed by atoms with E-state index in [2.05, 4.69) is 51.3 Å². The molecule has 0 bridgehead atoms. The second-order valence-corrected chi connectivity index (χ2v) is 9.47. The number of nitrogens with one attached hydrogen (secondary N) is 2. The monoisotopic (exact) mass is 470 g/mol. The van der Waals surface area contributed by atoms with Gasteiger partial charge in [0.1, 0.15) is 0 Å². The summed E-state index contributed by atoms with van der Waals surface area (Å²) < 4.78 is 1.75. The van der Waals surface area contributed by atoms with Crippen LogP contribution < -0.4 is 5.32 Å². The minimum Gasteiger partial charge on any atom is -0.358 e. The number of thioether (sulfide) groups is 1. The zero-order valence-electron chi connectivity index (χ0n) is 19.6. The van der Waals surface area contributed by atoms with Crippen LogP contribution in [0, 0.1) is 27.7 Å². The van der Waals surface area contributed by atoms with Gasteiger partial charge in [0.25, 0.3) is 11.7 Å². The Bertz CT molecular complexity index is 1530. The highest BCUT2D eigenvalue weighted by atomic mass is 32.2. The summed E-state index contributed by atoms with van der Waals surface area (Å²) in [5, 5.41) is 9.47. The first kappa shape index (κ1) is 22.2. The molecule has 0 aliphatic heterocycles. The predicted molar refractivity (Wildman–Crippen MR) is 135 cm³/mol. The maximum atomic E-state index is 13.0. The number of aromatic amines is 1. The van der Waals surface area contributed by atoms with E-state index in [1.54, 1.807) is 4.52 Å². The Hall–Kier alpha value is -3.65. The standard InChI is InChI=1S/C26H26N6OS/c1-15-11-16(2)32-25(28-15)30-26(31-32)34-14-20-7-5-6-8-21(20)24(33)27-13-19-9-10-23-22(12-19)17(3)18(4)29-23/h5-12,29H,13-14H2,1-4H3,(H,27,33). The molecule has 5 rings (SSSR count). The van der Waals surface area contributed by atoms with Crippen LogP contribution in [0.4, 0.5) is 0 Å². The van der Waals surface area contributed by atoms with Gasteiger partial charge in [-0.25, -0.2) is 9.50 Å². The Morgan fingerprint density at radius 3 is 2.74 bits per heavy atom. The summed E-state index contributed by atoms with van der Waals surface area (Å²) in [6.45, 7) is 8.59. The molecule has 0 saturated carbocycles. The fourth-order valence-electron chi connectivity index (χ4n) is 4.12. The van der Waals surface area contributed by atoms with E-state index in [0.717, 1.165) is 28.0 Å². The molecule has 0 spiro atoms. The summed E-state index contributed by atoms with van der Waals surface area (Å²) in [7, 11) is 0. The van der Waals surface area contributed by atoms with Gasteiger partial charge in [-0.05, 0) is 68.7 Å². The van der Waals surface area contributed by atoms with Crippen LogP contribution >= 0.6 is 11.8 Å². The Morgan fingerprint density at radius 1 is 1.06 bits per heavy atom. The Morgan fingerprint density at radius 2 is 1.88 bits per heavy atom. The molecule has 8 heteroatoms. The molecule has 0 saturated heterocycles. The van der Waals surface area contributed by atoms with E-state index >= 15 is 0 Å². The topological polar surface area (TPSA) is 88.0 Å². The van der Waals surface area contributed by atoms with E-state index in [1.165, 1.54) is 28.4 Å². The third kappa shape index (κ3) is 4.28. The summed E-state index contributed by atoms with van der Waals surface area (Å²) in [6.07, 6.45) is 0. The second kappa shape index (κ2) is 8.95. The molecule has 172 valence electrons. The maximum absolute atomic E-state index is 13.0. The van der Waals surface area contributed by atoms with Crippen LogP contribution in [0.1, 0.15) is 44.1 Å². The first-order chi connectivity index (χ1) is 16.4. The van der Waals surface area contributed by atoms with Gasteiger partial charge in [-0.2, -0.15) is 4.98 Å². The second-order valence-electron chi connectivity index (χ2n) is 8.53. The van der Waals surface area contributed by atoms with Gasteiger partial charge in [-0.3, -0.25) is 4.79 Å². The number of hydrogen-bond acceptors (Lipinski definition) is 5. The lowest BCUT2D eigenvalue weighted by molar-refractivity contribution is 0.0950. The summed E-state index contributed by atoms with van der Waals surface area (Å²) >= 11 is 1.50. The van der Waals surface area contributed by atoms with Crippen LogP contribution in [0.15, 0.2) is 53.7 Å². The molecule has 0 fully saturated rings. The zero-order chi connectivity index (χ0) is 23.8. The molecule has 1 amide bonds. The van der Waals surface area contributed by atoms with Crippen molar-refractivity contribution in [3.63, 3.8) is 0 Å². The smallest absolute Gasteiger partial charge is 0.253 e. The highest BCUT2D eigenvalue weighted by Crippen LogP contribution is 2.24. The molecular weight excluding hydrogens is 444 g/mol. The lowest BCUT2D eigenvalue weighted by atomic mass is 10.1. The van der Waals surface area contributed by atoms with Gasteiger partial charge in [0.15, 0.2) is 0 Å². The van der Waals surface area contributed by atoms with Gasteiger partial charge >= 0.3 is 0 Å². The first-order valence-corrected chi connectivity index (χ1v) is 12.2. The average molecular weight is 471 g/mol. The van der Waals surface area contributed by atoms with Crippen molar-refractivity contribution >= 4 is 34.3 Å². The van der Waals surface area contributed by atoms with Gasteiger partial charge in [0.05, 0.1) is 0 Å². The van der Waals surface area contributed by atoms with Crippen molar-refractivity contribution in [1.82, 2.24) is 29.9 Å². The number of amides is 1. The third-order valence-electron chi connectivity index (χ3n) is 6.04. The zero-order valence-corrected chi connectivity index (χ0v) is 20.5. The van der Waals surface area contributed by atoms with Crippen molar-refractivity contribution in [2.75, 3.05) is 0 Å². The number of carbonyl (C=O) groups is 1. The van der Waals surface area contributed by atoms with E-state index in [1.807, 2.05) is 50.2 Å². The molecule has 0 aliphatic rings. The Balaban J connectivity index is 1.29. The van der Waals surface area contributed by atoms with Crippen molar-refractivity contribution in [2.24, 2.45) is 0 Å². The van der Waals surface area contributed by atoms with Gasteiger partial charge in [0, 0.05) is 45.8 Å². The van der Waals surface area contributed by atoms with E-state index in [-0.39, 0.29) is 5.91 Å². The lowest BCUT2D eigenvalue weighted by Gasteiger charge is -2.10. The normalized spacial score (nSPS) is 11.4. The number of aryl methyl sites for hydroxylation is 4. The summed E-state index contributed by atoms with van der Waals surface area (Å²) in [5.74, 6) is 1.09. The number of carbonyl (C=O) groups excluding carboxylic acids is 1. The summed E-state index contributed by atoms with van der Waals surface area (Å²) in [5.41, 5.74) is 8.11. The minimum absolute atomic E-state index is 0.0886. The number of H-pyrrole nitrogens is 1. The Labute approximate surface area is 202 Å². The minimum atomic E-state index is -0.0886. The molecule has 3 aromatic heterocycles.